The molecular formula is C14H24O. The van der Waals surface area contributed by atoms with Crippen molar-refractivity contribution in [2.24, 2.45) is 29.1 Å². The zero-order valence-electron chi connectivity index (χ0n) is 10.1. The van der Waals surface area contributed by atoms with E-state index in [1.165, 1.54) is 19.3 Å². The lowest BCUT2D eigenvalue weighted by Gasteiger charge is -2.61. The van der Waals surface area contributed by atoms with Gasteiger partial charge in [0.05, 0.1) is 0 Å². The average molecular weight is 208 g/mol. The predicted molar refractivity (Wildman–Crippen MR) is 63.5 cm³/mol. The summed E-state index contributed by atoms with van der Waals surface area (Å²) in [5.74, 6) is 3.02. The Labute approximate surface area is 93.6 Å². The molecule has 0 aromatic carbocycles. The SMILES string of the molecule is C=CCC(CO)C1CCC2CC1C2(C)C. The second-order valence-corrected chi connectivity index (χ2v) is 6.07. The van der Waals surface area contributed by atoms with E-state index in [1.807, 2.05) is 6.08 Å². The zero-order valence-corrected chi connectivity index (χ0v) is 10.1. The first kappa shape index (κ1) is 11.2. The van der Waals surface area contributed by atoms with E-state index >= 15 is 0 Å². The van der Waals surface area contributed by atoms with E-state index in [4.69, 9.17) is 0 Å². The van der Waals surface area contributed by atoms with Crippen LogP contribution in [0.1, 0.15) is 39.5 Å². The van der Waals surface area contributed by atoms with Crippen LogP contribution < -0.4 is 0 Å². The van der Waals surface area contributed by atoms with Gasteiger partial charge in [-0.25, -0.2) is 0 Å². The Kier molecular flexibility index (Phi) is 2.94. The van der Waals surface area contributed by atoms with Crippen LogP contribution in [0.5, 0.6) is 0 Å². The second-order valence-electron chi connectivity index (χ2n) is 6.07. The lowest BCUT2D eigenvalue weighted by molar-refractivity contribution is -0.125. The molecule has 15 heavy (non-hydrogen) atoms. The Bertz CT molecular complexity index is 242. The molecular weight excluding hydrogens is 184 g/mol. The first-order valence-electron chi connectivity index (χ1n) is 6.33. The van der Waals surface area contributed by atoms with Crippen molar-refractivity contribution < 1.29 is 5.11 Å². The summed E-state index contributed by atoms with van der Waals surface area (Å²) in [5.41, 5.74) is 0.539. The van der Waals surface area contributed by atoms with Gasteiger partial charge < -0.3 is 5.11 Å². The van der Waals surface area contributed by atoms with Gasteiger partial charge >= 0.3 is 0 Å². The highest BCUT2D eigenvalue weighted by molar-refractivity contribution is 5.04. The van der Waals surface area contributed by atoms with Crippen LogP contribution in [-0.4, -0.2) is 11.7 Å². The monoisotopic (exact) mass is 208 g/mol. The van der Waals surface area contributed by atoms with Gasteiger partial charge in [-0.2, -0.15) is 0 Å². The molecule has 0 heterocycles. The molecule has 0 aromatic heterocycles. The molecule has 1 nitrogen and oxygen atoms in total. The highest BCUT2D eigenvalue weighted by Gasteiger charge is 2.55. The van der Waals surface area contributed by atoms with Gasteiger partial charge in [-0.3, -0.25) is 0 Å². The number of aliphatic hydroxyl groups excluding tert-OH is 1. The van der Waals surface area contributed by atoms with E-state index in [9.17, 15) is 5.11 Å². The summed E-state index contributed by atoms with van der Waals surface area (Å²) in [6.07, 6.45) is 7.07. The summed E-state index contributed by atoms with van der Waals surface area (Å²) >= 11 is 0. The number of hydrogen-bond donors (Lipinski definition) is 1. The summed E-state index contributed by atoms with van der Waals surface area (Å²) in [7, 11) is 0. The van der Waals surface area contributed by atoms with Crippen molar-refractivity contribution >= 4 is 0 Å². The molecule has 86 valence electrons. The van der Waals surface area contributed by atoms with Crippen LogP contribution in [0.3, 0.4) is 0 Å². The Morgan fingerprint density at radius 2 is 2.20 bits per heavy atom. The molecule has 1 heteroatoms. The van der Waals surface area contributed by atoms with Gasteiger partial charge in [-0.1, -0.05) is 19.9 Å². The van der Waals surface area contributed by atoms with Gasteiger partial charge in [0, 0.05) is 6.61 Å². The molecule has 0 amide bonds. The predicted octanol–water partition coefficient (Wildman–Crippen LogP) is 3.24. The van der Waals surface area contributed by atoms with Crippen molar-refractivity contribution in [1.29, 1.82) is 0 Å². The lowest BCUT2D eigenvalue weighted by atomic mass is 9.44. The number of hydrogen-bond acceptors (Lipinski definition) is 1. The smallest absolute Gasteiger partial charge is 0.0464 e. The molecule has 2 bridgehead atoms. The molecule has 0 saturated heterocycles. The van der Waals surface area contributed by atoms with Crippen LogP contribution in [0.25, 0.3) is 0 Å². The van der Waals surface area contributed by atoms with E-state index in [0.29, 0.717) is 17.9 Å². The van der Waals surface area contributed by atoms with Crippen molar-refractivity contribution in [2.75, 3.05) is 6.61 Å². The third-order valence-corrected chi connectivity index (χ3v) is 5.22. The van der Waals surface area contributed by atoms with Gasteiger partial charge in [-0.15, -0.1) is 6.58 Å². The van der Waals surface area contributed by atoms with E-state index in [0.717, 1.165) is 24.2 Å². The molecule has 0 radical (unpaired) electrons. The molecule has 0 aliphatic heterocycles. The van der Waals surface area contributed by atoms with Crippen LogP contribution in [0.4, 0.5) is 0 Å². The van der Waals surface area contributed by atoms with Crippen LogP contribution >= 0.6 is 0 Å². The molecule has 4 atom stereocenters. The van der Waals surface area contributed by atoms with Gasteiger partial charge in [0.2, 0.25) is 0 Å². The molecule has 3 fully saturated rings. The topological polar surface area (TPSA) is 20.2 Å². The van der Waals surface area contributed by atoms with Crippen LogP contribution in [-0.2, 0) is 0 Å². The number of aliphatic hydroxyl groups is 1. The summed E-state index contributed by atoms with van der Waals surface area (Å²) in [6, 6.07) is 0. The Morgan fingerprint density at radius 1 is 1.47 bits per heavy atom. The fourth-order valence-electron chi connectivity index (χ4n) is 4.03. The van der Waals surface area contributed by atoms with Crippen molar-refractivity contribution in [3.05, 3.63) is 12.7 Å². The first-order chi connectivity index (χ1) is 7.11. The van der Waals surface area contributed by atoms with Crippen molar-refractivity contribution in [1.82, 2.24) is 0 Å². The quantitative estimate of drug-likeness (QED) is 0.703. The maximum absolute atomic E-state index is 9.47. The molecule has 1 N–H and O–H groups in total. The second kappa shape index (κ2) is 3.93. The van der Waals surface area contributed by atoms with Crippen molar-refractivity contribution in [2.45, 2.75) is 39.5 Å². The van der Waals surface area contributed by atoms with E-state index in [1.54, 1.807) is 0 Å². The Morgan fingerprint density at radius 3 is 2.67 bits per heavy atom. The summed E-state index contributed by atoms with van der Waals surface area (Å²) in [5, 5.41) is 9.47. The van der Waals surface area contributed by atoms with E-state index < -0.39 is 0 Å². The van der Waals surface area contributed by atoms with Gasteiger partial charge in [0.25, 0.3) is 0 Å². The zero-order chi connectivity index (χ0) is 11.1. The maximum Gasteiger partial charge on any atom is 0.0464 e. The maximum atomic E-state index is 9.47. The molecule has 3 aliphatic rings. The lowest BCUT2D eigenvalue weighted by Crippen LogP contribution is -2.54. The molecule has 3 rings (SSSR count). The number of fused-ring (bicyclic) bond motifs is 2. The first-order valence-corrected chi connectivity index (χ1v) is 6.33. The minimum Gasteiger partial charge on any atom is -0.396 e. The minimum atomic E-state index is 0.341. The third kappa shape index (κ3) is 1.65. The molecule has 0 aromatic rings. The largest absolute Gasteiger partial charge is 0.396 e. The fraction of sp³-hybridized carbons (Fsp3) is 0.857. The summed E-state index contributed by atoms with van der Waals surface area (Å²) < 4.78 is 0. The Balaban J connectivity index is 2.06. The van der Waals surface area contributed by atoms with Gasteiger partial charge in [-0.05, 0) is 54.8 Å². The van der Waals surface area contributed by atoms with Crippen LogP contribution in [0.15, 0.2) is 12.7 Å². The third-order valence-electron chi connectivity index (χ3n) is 5.22. The normalized spacial score (nSPS) is 39.3. The van der Waals surface area contributed by atoms with Crippen molar-refractivity contribution in [3.8, 4) is 0 Å². The average Bonchev–Trinajstić information content (AvgIpc) is 2.25. The highest BCUT2D eigenvalue weighted by Crippen LogP contribution is 2.62. The molecule has 3 aliphatic carbocycles. The fourth-order valence-corrected chi connectivity index (χ4v) is 4.03. The van der Waals surface area contributed by atoms with E-state index in [-0.39, 0.29) is 0 Å². The van der Waals surface area contributed by atoms with Crippen molar-refractivity contribution in [3.63, 3.8) is 0 Å². The van der Waals surface area contributed by atoms with Gasteiger partial charge in [0.1, 0.15) is 0 Å². The minimum absolute atomic E-state index is 0.341. The molecule has 3 saturated carbocycles. The number of rotatable bonds is 4. The Hall–Kier alpha value is -0.300. The summed E-state index contributed by atoms with van der Waals surface area (Å²) in [6.45, 7) is 8.98. The summed E-state index contributed by atoms with van der Waals surface area (Å²) in [4.78, 5) is 0. The molecule has 0 spiro atoms. The standard InChI is InChI=1S/C14H24O/c1-4-5-10(9-15)12-7-6-11-8-13(12)14(11,2)3/h4,10-13,15H,1,5-9H2,2-3H3. The van der Waals surface area contributed by atoms with Crippen LogP contribution in [0.2, 0.25) is 0 Å². The highest BCUT2D eigenvalue weighted by atomic mass is 16.3. The van der Waals surface area contributed by atoms with Gasteiger partial charge in [0.15, 0.2) is 0 Å². The van der Waals surface area contributed by atoms with Crippen LogP contribution in [0, 0.1) is 29.1 Å². The van der Waals surface area contributed by atoms with E-state index in [2.05, 4.69) is 20.4 Å². The molecule has 4 unspecified atom stereocenters. The number of allylic oxidation sites excluding steroid dienone is 1.